The number of carboxylic acids is 1. The van der Waals surface area contributed by atoms with Gasteiger partial charge >= 0.3 is 5.97 Å². The van der Waals surface area contributed by atoms with Gasteiger partial charge < -0.3 is 10.4 Å². The molecular weight excluding hydrogens is 277 g/mol. The molecule has 0 heterocycles. The van der Waals surface area contributed by atoms with Gasteiger partial charge in [-0.3, -0.25) is 4.79 Å². The number of amides is 1. The lowest BCUT2D eigenvalue weighted by atomic mass is 10.1. The molecule has 1 amide bonds. The van der Waals surface area contributed by atoms with Crippen LogP contribution in [0.3, 0.4) is 0 Å². The van der Waals surface area contributed by atoms with Crippen molar-refractivity contribution in [1.82, 2.24) is 5.32 Å². The molecule has 4 nitrogen and oxygen atoms in total. The number of rotatable bonds is 4. The van der Waals surface area contributed by atoms with E-state index in [9.17, 15) is 9.59 Å². The van der Waals surface area contributed by atoms with E-state index in [4.69, 9.17) is 28.3 Å². The van der Waals surface area contributed by atoms with Gasteiger partial charge in [0.15, 0.2) is 0 Å². The summed E-state index contributed by atoms with van der Waals surface area (Å²) in [6, 6.07) is 4.84. The maximum Gasteiger partial charge on any atom is 0.329 e. The molecule has 0 spiro atoms. The molecule has 2 rings (SSSR count). The van der Waals surface area contributed by atoms with Crippen LogP contribution in [0.4, 0.5) is 0 Å². The minimum atomic E-state index is -1.07. The third kappa shape index (κ3) is 2.76. The van der Waals surface area contributed by atoms with E-state index in [1.54, 1.807) is 18.2 Å². The first-order valence-electron chi connectivity index (χ1n) is 5.41. The van der Waals surface area contributed by atoms with Crippen molar-refractivity contribution < 1.29 is 14.7 Å². The largest absolute Gasteiger partial charge is 0.480 e. The number of aliphatic carboxylic acids is 1. The van der Waals surface area contributed by atoms with Crippen LogP contribution in [-0.4, -0.2) is 22.5 Å². The van der Waals surface area contributed by atoms with Gasteiger partial charge in [0.2, 0.25) is 5.91 Å². The van der Waals surface area contributed by atoms with Crippen LogP contribution >= 0.6 is 23.2 Å². The predicted octanol–water partition coefficient (Wildman–Crippen LogP) is 2.27. The standard InChI is InChI=1S/C12H11Cl2NO3/c13-8-1-2-9(14)7(5-8)6-10(16)15-12(3-4-12)11(17)18/h1-2,5H,3-4,6H2,(H,15,16)(H,17,18). The molecule has 0 bridgehead atoms. The molecule has 1 aromatic carbocycles. The lowest BCUT2D eigenvalue weighted by molar-refractivity contribution is -0.143. The van der Waals surface area contributed by atoms with Crippen molar-refractivity contribution in [3.05, 3.63) is 33.8 Å². The molecule has 6 heteroatoms. The van der Waals surface area contributed by atoms with Crippen molar-refractivity contribution in [1.29, 1.82) is 0 Å². The van der Waals surface area contributed by atoms with Crippen LogP contribution in [0.25, 0.3) is 0 Å². The Balaban J connectivity index is 2.04. The van der Waals surface area contributed by atoms with Crippen molar-refractivity contribution >= 4 is 35.1 Å². The molecule has 0 unspecified atom stereocenters. The zero-order valence-electron chi connectivity index (χ0n) is 9.37. The molecule has 1 aliphatic rings. The summed E-state index contributed by atoms with van der Waals surface area (Å²) in [5.74, 6) is -1.35. The highest BCUT2D eigenvalue weighted by atomic mass is 35.5. The molecule has 1 aromatic rings. The molecule has 1 aliphatic carbocycles. The third-order valence-electron chi connectivity index (χ3n) is 2.90. The Kier molecular flexibility index (Phi) is 3.50. The Morgan fingerprint density at radius 3 is 2.56 bits per heavy atom. The average Bonchev–Trinajstić information content (AvgIpc) is 3.04. The monoisotopic (exact) mass is 287 g/mol. The zero-order valence-corrected chi connectivity index (χ0v) is 10.9. The van der Waals surface area contributed by atoms with Gasteiger partial charge in [-0.1, -0.05) is 23.2 Å². The third-order valence-corrected chi connectivity index (χ3v) is 3.50. The number of halogens is 2. The number of carbonyl (C=O) groups excluding carboxylic acids is 1. The van der Waals surface area contributed by atoms with E-state index in [0.717, 1.165) is 0 Å². The molecule has 96 valence electrons. The molecule has 18 heavy (non-hydrogen) atoms. The summed E-state index contributed by atoms with van der Waals surface area (Å²) in [7, 11) is 0. The Labute approximate surface area is 114 Å². The van der Waals surface area contributed by atoms with E-state index in [0.29, 0.717) is 28.5 Å². The second-order valence-corrected chi connectivity index (χ2v) is 5.19. The van der Waals surface area contributed by atoms with Gasteiger partial charge in [-0.05, 0) is 36.6 Å². The van der Waals surface area contributed by atoms with E-state index in [2.05, 4.69) is 5.32 Å². The fraction of sp³-hybridized carbons (Fsp3) is 0.333. The van der Waals surface area contributed by atoms with Crippen LogP contribution < -0.4 is 5.32 Å². The van der Waals surface area contributed by atoms with Crippen LogP contribution in [0.5, 0.6) is 0 Å². The van der Waals surface area contributed by atoms with Gasteiger partial charge in [0.25, 0.3) is 0 Å². The van der Waals surface area contributed by atoms with Crippen molar-refractivity contribution in [3.63, 3.8) is 0 Å². The Bertz CT molecular complexity index is 512. The fourth-order valence-electron chi connectivity index (χ4n) is 1.68. The van der Waals surface area contributed by atoms with Crippen LogP contribution in [0.15, 0.2) is 18.2 Å². The first-order chi connectivity index (χ1) is 8.43. The van der Waals surface area contributed by atoms with E-state index in [1.807, 2.05) is 0 Å². The number of hydrogen-bond acceptors (Lipinski definition) is 2. The average molecular weight is 288 g/mol. The number of hydrogen-bond donors (Lipinski definition) is 2. The van der Waals surface area contributed by atoms with Gasteiger partial charge in [0.05, 0.1) is 6.42 Å². The summed E-state index contributed by atoms with van der Waals surface area (Å²) in [6.07, 6.45) is 0.961. The zero-order chi connectivity index (χ0) is 13.3. The Hall–Kier alpha value is -1.26. The summed E-state index contributed by atoms with van der Waals surface area (Å²) in [5.41, 5.74) is -0.481. The van der Waals surface area contributed by atoms with E-state index >= 15 is 0 Å². The maximum atomic E-state index is 11.8. The molecule has 0 radical (unpaired) electrons. The van der Waals surface area contributed by atoms with Crippen LogP contribution in [-0.2, 0) is 16.0 Å². The number of nitrogens with one attached hydrogen (secondary N) is 1. The molecule has 0 saturated heterocycles. The summed E-state index contributed by atoms with van der Waals surface area (Å²) >= 11 is 11.7. The summed E-state index contributed by atoms with van der Waals surface area (Å²) < 4.78 is 0. The lowest BCUT2D eigenvalue weighted by Crippen LogP contribution is -2.43. The molecule has 0 atom stereocenters. The van der Waals surface area contributed by atoms with Crippen LogP contribution in [0.1, 0.15) is 18.4 Å². The normalized spacial score (nSPS) is 16.1. The van der Waals surface area contributed by atoms with Crippen molar-refractivity contribution in [2.24, 2.45) is 0 Å². The number of carboxylic acid groups (broad SMARTS) is 1. The van der Waals surface area contributed by atoms with Gasteiger partial charge in [-0.2, -0.15) is 0 Å². The highest BCUT2D eigenvalue weighted by Crippen LogP contribution is 2.35. The van der Waals surface area contributed by atoms with Gasteiger partial charge in [0.1, 0.15) is 5.54 Å². The lowest BCUT2D eigenvalue weighted by Gasteiger charge is -2.12. The molecule has 1 saturated carbocycles. The van der Waals surface area contributed by atoms with Crippen molar-refractivity contribution in [2.45, 2.75) is 24.8 Å². The smallest absolute Gasteiger partial charge is 0.329 e. The minimum Gasteiger partial charge on any atom is -0.480 e. The molecule has 2 N–H and O–H groups in total. The molecule has 1 fully saturated rings. The first kappa shape index (κ1) is 13.2. The topological polar surface area (TPSA) is 66.4 Å². The van der Waals surface area contributed by atoms with Gasteiger partial charge in [-0.15, -0.1) is 0 Å². The highest BCUT2D eigenvalue weighted by Gasteiger charge is 2.51. The predicted molar refractivity (Wildman–Crippen MR) is 67.9 cm³/mol. The quantitative estimate of drug-likeness (QED) is 0.893. The summed E-state index contributed by atoms with van der Waals surface area (Å²) in [6.45, 7) is 0. The number of carbonyl (C=O) groups is 2. The number of benzene rings is 1. The van der Waals surface area contributed by atoms with Gasteiger partial charge in [0, 0.05) is 10.0 Å². The minimum absolute atomic E-state index is 0.0222. The summed E-state index contributed by atoms with van der Waals surface area (Å²) in [4.78, 5) is 22.7. The van der Waals surface area contributed by atoms with E-state index in [1.165, 1.54) is 0 Å². The maximum absolute atomic E-state index is 11.8. The van der Waals surface area contributed by atoms with E-state index in [-0.39, 0.29) is 12.3 Å². The first-order valence-corrected chi connectivity index (χ1v) is 6.17. The summed E-state index contributed by atoms with van der Waals surface area (Å²) in [5, 5.41) is 12.4. The van der Waals surface area contributed by atoms with Crippen LogP contribution in [0, 0.1) is 0 Å². The Morgan fingerprint density at radius 2 is 2.00 bits per heavy atom. The van der Waals surface area contributed by atoms with Crippen molar-refractivity contribution in [3.8, 4) is 0 Å². The second-order valence-electron chi connectivity index (χ2n) is 4.35. The second kappa shape index (κ2) is 4.78. The van der Waals surface area contributed by atoms with E-state index < -0.39 is 11.5 Å². The Morgan fingerprint density at radius 1 is 1.33 bits per heavy atom. The van der Waals surface area contributed by atoms with Gasteiger partial charge in [-0.25, -0.2) is 4.79 Å². The SMILES string of the molecule is O=C(Cc1cc(Cl)ccc1Cl)NC1(C(=O)O)CC1. The van der Waals surface area contributed by atoms with Crippen molar-refractivity contribution in [2.75, 3.05) is 0 Å². The van der Waals surface area contributed by atoms with Crippen LogP contribution in [0.2, 0.25) is 10.0 Å². The fourth-order valence-corrected chi connectivity index (χ4v) is 2.06. The highest BCUT2D eigenvalue weighted by molar-refractivity contribution is 6.33. The molecule has 0 aliphatic heterocycles. The molecule has 0 aromatic heterocycles. The molecular formula is C12H11Cl2NO3.